The summed E-state index contributed by atoms with van der Waals surface area (Å²) in [5, 5.41) is 3.40. The Morgan fingerprint density at radius 2 is 2.24 bits per heavy atom. The maximum atomic E-state index is 5.72. The third kappa shape index (κ3) is 4.35. The summed E-state index contributed by atoms with van der Waals surface area (Å²) in [5.41, 5.74) is 2.29. The van der Waals surface area contributed by atoms with Gasteiger partial charge in [0.05, 0.1) is 6.61 Å². The zero-order chi connectivity index (χ0) is 12.1. The lowest BCUT2D eigenvalue weighted by atomic mass is 10.2. The molecule has 0 bridgehead atoms. The number of hydrogen-bond acceptors (Lipinski definition) is 3. The first-order chi connectivity index (χ1) is 8.28. The lowest BCUT2D eigenvalue weighted by Crippen LogP contribution is -2.14. The molecular weight excluding hydrogens is 212 g/mol. The number of ether oxygens (including phenoxy) is 1. The van der Waals surface area contributed by atoms with E-state index in [1.807, 2.05) is 6.92 Å². The van der Waals surface area contributed by atoms with E-state index in [1.54, 1.807) is 0 Å². The van der Waals surface area contributed by atoms with Crippen LogP contribution in [0.1, 0.15) is 37.4 Å². The van der Waals surface area contributed by atoms with Crippen LogP contribution in [0.25, 0.3) is 0 Å². The van der Waals surface area contributed by atoms with Crippen LogP contribution in [0.4, 0.5) is 0 Å². The zero-order valence-corrected chi connectivity index (χ0v) is 10.8. The number of nitrogens with one attached hydrogen (secondary N) is 1. The number of pyridine rings is 1. The molecule has 0 radical (unpaired) electrons. The van der Waals surface area contributed by atoms with Crippen molar-refractivity contribution in [1.29, 1.82) is 0 Å². The highest BCUT2D eigenvalue weighted by molar-refractivity contribution is 5.24. The molecule has 0 amide bonds. The first kappa shape index (κ1) is 12.4. The average Bonchev–Trinajstić information content (AvgIpc) is 3.10. The van der Waals surface area contributed by atoms with Crippen LogP contribution >= 0.6 is 0 Å². The van der Waals surface area contributed by atoms with Gasteiger partial charge in [0.1, 0.15) is 0 Å². The second-order valence-electron chi connectivity index (χ2n) is 4.89. The van der Waals surface area contributed by atoms with Crippen molar-refractivity contribution < 1.29 is 4.74 Å². The summed E-state index contributed by atoms with van der Waals surface area (Å²) in [6, 6.07) is 4.17. The average molecular weight is 234 g/mol. The van der Waals surface area contributed by atoms with E-state index in [2.05, 4.69) is 29.4 Å². The van der Waals surface area contributed by atoms with Crippen molar-refractivity contribution in [2.24, 2.45) is 5.92 Å². The van der Waals surface area contributed by atoms with Gasteiger partial charge in [0.15, 0.2) is 0 Å². The summed E-state index contributed by atoms with van der Waals surface area (Å²) in [4.78, 5) is 4.41. The van der Waals surface area contributed by atoms with E-state index in [4.69, 9.17) is 4.74 Å². The van der Waals surface area contributed by atoms with Crippen LogP contribution in [0.5, 0.6) is 5.88 Å². The maximum Gasteiger partial charge on any atom is 0.213 e. The first-order valence-corrected chi connectivity index (χ1v) is 6.59. The quantitative estimate of drug-likeness (QED) is 0.736. The third-order valence-corrected chi connectivity index (χ3v) is 2.91. The summed E-state index contributed by atoms with van der Waals surface area (Å²) in [6.07, 6.45) is 3.79. The highest BCUT2D eigenvalue weighted by atomic mass is 16.5. The second kappa shape index (κ2) is 6.01. The Hall–Kier alpha value is -1.09. The molecule has 0 spiro atoms. The van der Waals surface area contributed by atoms with E-state index in [0.717, 1.165) is 43.6 Å². The summed E-state index contributed by atoms with van der Waals surface area (Å²) in [5.74, 6) is 1.56. The van der Waals surface area contributed by atoms with Crippen molar-refractivity contribution in [3.63, 3.8) is 0 Å². The zero-order valence-electron chi connectivity index (χ0n) is 10.8. The van der Waals surface area contributed by atoms with Crippen LogP contribution in [0.3, 0.4) is 0 Å². The van der Waals surface area contributed by atoms with Crippen LogP contribution in [0.2, 0.25) is 0 Å². The van der Waals surface area contributed by atoms with Crippen LogP contribution < -0.4 is 10.1 Å². The Balaban J connectivity index is 1.90. The minimum Gasteiger partial charge on any atom is -0.477 e. The molecule has 1 N–H and O–H groups in total. The van der Waals surface area contributed by atoms with E-state index in [-0.39, 0.29) is 0 Å². The molecule has 2 rings (SSSR count). The molecule has 0 atom stereocenters. The molecular formula is C14H22N2O. The molecule has 0 aromatic carbocycles. The molecule has 1 saturated carbocycles. The fraction of sp³-hybridized carbons (Fsp3) is 0.643. The molecule has 0 unspecified atom stereocenters. The Morgan fingerprint density at radius 3 is 2.94 bits per heavy atom. The molecule has 0 aliphatic heterocycles. The standard InChI is InChI=1S/C14H22N2O/c1-3-6-15-9-13-7-11(2)16-14(8-13)17-10-12-4-5-12/h7-8,12,15H,3-6,9-10H2,1-2H3. The second-order valence-corrected chi connectivity index (χ2v) is 4.89. The molecule has 1 aromatic rings. The van der Waals surface area contributed by atoms with E-state index < -0.39 is 0 Å². The van der Waals surface area contributed by atoms with Crippen molar-refractivity contribution in [3.8, 4) is 5.88 Å². The van der Waals surface area contributed by atoms with Crippen LogP contribution in [0, 0.1) is 12.8 Å². The number of rotatable bonds is 7. The van der Waals surface area contributed by atoms with Gasteiger partial charge in [0.25, 0.3) is 0 Å². The first-order valence-electron chi connectivity index (χ1n) is 6.59. The summed E-state index contributed by atoms with van der Waals surface area (Å²) in [6.45, 7) is 6.98. The molecule has 1 aromatic heterocycles. The Morgan fingerprint density at radius 1 is 1.41 bits per heavy atom. The fourth-order valence-electron chi connectivity index (χ4n) is 1.78. The number of aromatic nitrogens is 1. The van der Waals surface area contributed by atoms with Gasteiger partial charge in [0, 0.05) is 18.3 Å². The van der Waals surface area contributed by atoms with Gasteiger partial charge in [0.2, 0.25) is 5.88 Å². The van der Waals surface area contributed by atoms with Crippen molar-refractivity contribution in [2.45, 2.75) is 39.7 Å². The Kier molecular flexibility index (Phi) is 4.37. The highest BCUT2D eigenvalue weighted by Crippen LogP contribution is 2.29. The van der Waals surface area contributed by atoms with Gasteiger partial charge in [-0.2, -0.15) is 0 Å². The lowest BCUT2D eigenvalue weighted by molar-refractivity contribution is 0.287. The molecule has 0 saturated heterocycles. The number of nitrogens with zero attached hydrogens (tertiary/aromatic N) is 1. The molecule has 1 aliphatic carbocycles. The van der Waals surface area contributed by atoms with E-state index in [0.29, 0.717) is 0 Å². The molecule has 17 heavy (non-hydrogen) atoms. The highest BCUT2D eigenvalue weighted by Gasteiger charge is 2.22. The van der Waals surface area contributed by atoms with Crippen LogP contribution in [-0.2, 0) is 6.54 Å². The van der Waals surface area contributed by atoms with Gasteiger partial charge in [-0.25, -0.2) is 4.98 Å². The van der Waals surface area contributed by atoms with Gasteiger partial charge in [-0.15, -0.1) is 0 Å². The van der Waals surface area contributed by atoms with Crippen LogP contribution in [0.15, 0.2) is 12.1 Å². The van der Waals surface area contributed by atoms with E-state index in [1.165, 1.54) is 18.4 Å². The maximum absolute atomic E-state index is 5.72. The van der Waals surface area contributed by atoms with Crippen molar-refractivity contribution in [1.82, 2.24) is 10.3 Å². The Bertz CT molecular complexity index is 361. The third-order valence-electron chi connectivity index (χ3n) is 2.91. The van der Waals surface area contributed by atoms with Gasteiger partial charge >= 0.3 is 0 Å². The molecule has 94 valence electrons. The summed E-state index contributed by atoms with van der Waals surface area (Å²) in [7, 11) is 0. The topological polar surface area (TPSA) is 34.2 Å². The molecule has 1 aliphatic rings. The number of hydrogen-bond donors (Lipinski definition) is 1. The predicted molar refractivity (Wildman–Crippen MR) is 69.2 cm³/mol. The summed E-state index contributed by atoms with van der Waals surface area (Å²) < 4.78 is 5.72. The minimum absolute atomic E-state index is 0.777. The number of aryl methyl sites for hydroxylation is 1. The SMILES string of the molecule is CCCNCc1cc(C)nc(OCC2CC2)c1. The largest absolute Gasteiger partial charge is 0.477 e. The summed E-state index contributed by atoms with van der Waals surface area (Å²) >= 11 is 0. The van der Waals surface area contributed by atoms with E-state index in [9.17, 15) is 0 Å². The van der Waals surface area contributed by atoms with Gasteiger partial charge in [-0.05, 0) is 50.3 Å². The molecule has 1 fully saturated rings. The van der Waals surface area contributed by atoms with Crippen molar-refractivity contribution >= 4 is 0 Å². The van der Waals surface area contributed by atoms with Gasteiger partial charge in [-0.1, -0.05) is 6.92 Å². The van der Waals surface area contributed by atoms with Crippen molar-refractivity contribution in [2.75, 3.05) is 13.2 Å². The van der Waals surface area contributed by atoms with Crippen molar-refractivity contribution in [3.05, 3.63) is 23.4 Å². The lowest BCUT2D eigenvalue weighted by Gasteiger charge is -2.09. The van der Waals surface area contributed by atoms with Gasteiger partial charge in [-0.3, -0.25) is 0 Å². The monoisotopic (exact) mass is 234 g/mol. The van der Waals surface area contributed by atoms with Gasteiger partial charge < -0.3 is 10.1 Å². The molecule has 3 heteroatoms. The normalized spacial score (nSPS) is 14.9. The smallest absolute Gasteiger partial charge is 0.213 e. The molecule has 3 nitrogen and oxygen atoms in total. The van der Waals surface area contributed by atoms with E-state index >= 15 is 0 Å². The Labute approximate surface area is 104 Å². The minimum atomic E-state index is 0.777. The molecule has 1 heterocycles. The fourth-order valence-corrected chi connectivity index (χ4v) is 1.78. The predicted octanol–water partition coefficient (Wildman–Crippen LogP) is 2.68. The van der Waals surface area contributed by atoms with Crippen LogP contribution in [-0.4, -0.2) is 18.1 Å².